The lowest BCUT2D eigenvalue weighted by Gasteiger charge is -2.57. The molecule has 2 saturated carbocycles. The zero-order chi connectivity index (χ0) is 17.4. The molecule has 0 aromatic carbocycles. The number of carboxylic acids is 1. The van der Waals surface area contributed by atoms with Crippen LogP contribution in [0.3, 0.4) is 0 Å². The van der Waals surface area contributed by atoms with Gasteiger partial charge in [0.15, 0.2) is 0 Å². The average molecular weight is 322 g/mol. The predicted octanol–water partition coefficient (Wildman–Crippen LogP) is 4.65. The molecule has 3 heteroatoms. The van der Waals surface area contributed by atoms with E-state index in [9.17, 15) is 15.0 Å². The van der Waals surface area contributed by atoms with E-state index < -0.39 is 11.4 Å². The normalized spacial score (nSPS) is 40.3. The topological polar surface area (TPSA) is 57.5 Å². The molecule has 6 atom stereocenters. The quantitative estimate of drug-likeness (QED) is 0.725. The van der Waals surface area contributed by atoms with E-state index in [1.165, 1.54) is 5.57 Å². The number of carboxylic acid groups (broad SMARTS) is 1. The van der Waals surface area contributed by atoms with Gasteiger partial charge in [-0.3, -0.25) is 4.79 Å². The molecule has 0 aromatic heterocycles. The third-order valence-electron chi connectivity index (χ3n) is 7.29. The maximum Gasteiger partial charge on any atom is 0.309 e. The summed E-state index contributed by atoms with van der Waals surface area (Å²) >= 11 is 0. The molecule has 0 amide bonds. The number of aliphatic hydroxyl groups is 1. The van der Waals surface area contributed by atoms with E-state index in [1.807, 2.05) is 6.92 Å². The van der Waals surface area contributed by atoms with Gasteiger partial charge in [-0.05, 0) is 62.2 Å². The molecule has 2 rings (SSSR count). The van der Waals surface area contributed by atoms with Gasteiger partial charge in [-0.15, -0.1) is 0 Å². The number of hydrogen-bond donors (Lipinski definition) is 2. The van der Waals surface area contributed by atoms with Gasteiger partial charge in [-0.2, -0.15) is 0 Å². The summed E-state index contributed by atoms with van der Waals surface area (Å²) in [4.78, 5) is 12.0. The average Bonchev–Trinajstić information content (AvgIpc) is 2.49. The smallest absolute Gasteiger partial charge is 0.309 e. The first-order chi connectivity index (χ1) is 10.7. The number of allylic oxidation sites excluding steroid dienone is 1. The number of aliphatic hydroxyl groups excluding tert-OH is 1. The van der Waals surface area contributed by atoms with Crippen molar-refractivity contribution >= 4 is 5.97 Å². The lowest BCUT2D eigenvalue weighted by atomic mass is 9.46. The van der Waals surface area contributed by atoms with Crippen molar-refractivity contribution in [3.8, 4) is 0 Å². The molecule has 0 unspecified atom stereocenters. The molecule has 0 saturated heterocycles. The van der Waals surface area contributed by atoms with Gasteiger partial charge in [0.2, 0.25) is 0 Å². The van der Waals surface area contributed by atoms with Crippen LogP contribution in [0.25, 0.3) is 0 Å². The Morgan fingerprint density at radius 1 is 1.39 bits per heavy atom. The van der Waals surface area contributed by atoms with Gasteiger partial charge in [0.1, 0.15) is 0 Å². The Labute approximate surface area is 141 Å². The number of rotatable bonds is 5. The van der Waals surface area contributed by atoms with Crippen LogP contribution in [-0.2, 0) is 4.79 Å². The standard InChI is InChI=1S/C20H34O3/c1-6-13(2)16(21)12-15-14(3)8-9-17-19(15,4)10-7-11-20(17,5)18(22)23/h13,15-17,21H,3,6-12H2,1-2,4-5H3,(H,22,23)/t13-,15+,16+,17+,19+,20-/m0/s1. The predicted molar refractivity (Wildman–Crippen MR) is 93.1 cm³/mol. The Hall–Kier alpha value is -0.830. The summed E-state index contributed by atoms with van der Waals surface area (Å²) < 4.78 is 0. The van der Waals surface area contributed by atoms with Crippen LogP contribution in [0.4, 0.5) is 0 Å². The monoisotopic (exact) mass is 322 g/mol. The molecule has 0 aromatic rings. The summed E-state index contributed by atoms with van der Waals surface area (Å²) in [6, 6.07) is 0. The molecule has 0 radical (unpaired) electrons. The highest BCUT2D eigenvalue weighted by molar-refractivity contribution is 5.75. The van der Waals surface area contributed by atoms with E-state index in [0.717, 1.165) is 44.9 Å². The zero-order valence-corrected chi connectivity index (χ0v) is 15.3. The van der Waals surface area contributed by atoms with Gasteiger partial charge in [0, 0.05) is 0 Å². The minimum Gasteiger partial charge on any atom is -0.481 e. The zero-order valence-electron chi connectivity index (χ0n) is 15.3. The van der Waals surface area contributed by atoms with Crippen LogP contribution in [0.5, 0.6) is 0 Å². The van der Waals surface area contributed by atoms with Gasteiger partial charge in [-0.25, -0.2) is 0 Å². The molecular formula is C20H34O3. The van der Waals surface area contributed by atoms with Crippen molar-refractivity contribution in [3.05, 3.63) is 12.2 Å². The number of hydrogen-bond acceptors (Lipinski definition) is 2. The number of fused-ring (bicyclic) bond motifs is 1. The molecule has 23 heavy (non-hydrogen) atoms. The molecule has 2 fully saturated rings. The fourth-order valence-corrected chi connectivity index (χ4v) is 5.39. The Bertz CT molecular complexity index is 472. The van der Waals surface area contributed by atoms with Gasteiger partial charge in [-0.1, -0.05) is 45.8 Å². The number of carbonyl (C=O) groups is 1. The first kappa shape index (κ1) is 18.5. The van der Waals surface area contributed by atoms with Gasteiger partial charge in [0.05, 0.1) is 11.5 Å². The van der Waals surface area contributed by atoms with Crippen molar-refractivity contribution in [2.24, 2.45) is 28.6 Å². The largest absolute Gasteiger partial charge is 0.481 e. The van der Waals surface area contributed by atoms with Crippen LogP contribution in [0, 0.1) is 28.6 Å². The van der Waals surface area contributed by atoms with Crippen LogP contribution >= 0.6 is 0 Å². The van der Waals surface area contributed by atoms with E-state index in [2.05, 4.69) is 27.4 Å². The van der Waals surface area contributed by atoms with Crippen molar-refractivity contribution in [1.29, 1.82) is 0 Å². The van der Waals surface area contributed by atoms with Crippen molar-refractivity contribution in [3.63, 3.8) is 0 Å². The Morgan fingerprint density at radius 3 is 2.61 bits per heavy atom. The molecule has 2 N–H and O–H groups in total. The molecule has 0 heterocycles. The third-order valence-corrected chi connectivity index (χ3v) is 7.29. The fourth-order valence-electron chi connectivity index (χ4n) is 5.39. The van der Waals surface area contributed by atoms with E-state index in [4.69, 9.17) is 0 Å². The van der Waals surface area contributed by atoms with Crippen LogP contribution in [0.1, 0.15) is 72.6 Å². The lowest BCUT2D eigenvalue weighted by Crippen LogP contribution is -2.54. The van der Waals surface area contributed by atoms with Gasteiger partial charge >= 0.3 is 5.97 Å². The lowest BCUT2D eigenvalue weighted by molar-refractivity contribution is -0.164. The molecule has 2 aliphatic carbocycles. The minimum absolute atomic E-state index is 0.0465. The van der Waals surface area contributed by atoms with Crippen LogP contribution < -0.4 is 0 Å². The molecule has 0 spiro atoms. The van der Waals surface area contributed by atoms with E-state index in [0.29, 0.717) is 0 Å². The van der Waals surface area contributed by atoms with Crippen molar-refractivity contribution in [2.75, 3.05) is 0 Å². The number of aliphatic carboxylic acids is 1. The summed E-state index contributed by atoms with van der Waals surface area (Å²) in [5, 5.41) is 20.4. The highest BCUT2D eigenvalue weighted by Gasteiger charge is 2.57. The summed E-state index contributed by atoms with van der Waals surface area (Å²) in [6.45, 7) is 12.7. The van der Waals surface area contributed by atoms with E-state index >= 15 is 0 Å². The highest BCUT2D eigenvalue weighted by Crippen LogP contribution is 2.62. The second-order valence-corrected chi connectivity index (χ2v) is 8.57. The minimum atomic E-state index is -0.651. The van der Waals surface area contributed by atoms with E-state index in [1.54, 1.807) is 0 Å². The molecular weight excluding hydrogens is 288 g/mol. The van der Waals surface area contributed by atoms with Crippen molar-refractivity contribution in [1.82, 2.24) is 0 Å². The molecule has 132 valence electrons. The second kappa shape index (κ2) is 6.58. The summed E-state index contributed by atoms with van der Waals surface area (Å²) in [5.41, 5.74) is 0.545. The van der Waals surface area contributed by atoms with Crippen molar-refractivity contribution < 1.29 is 15.0 Å². The Balaban J connectivity index is 2.31. The summed E-state index contributed by atoms with van der Waals surface area (Å²) in [5.74, 6) is 0.0495. The SMILES string of the molecule is C=C1CC[C@@H]2[C@](C)(CCC[C@]2(C)C(=O)O)[C@@H]1C[C@@H](O)[C@@H](C)CC. The molecule has 2 aliphatic rings. The maximum atomic E-state index is 12.0. The molecule has 0 bridgehead atoms. The summed E-state index contributed by atoms with van der Waals surface area (Å²) in [6.07, 6.45) is 5.99. The van der Waals surface area contributed by atoms with Gasteiger partial charge in [0.25, 0.3) is 0 Å². The Morgan fingerprint density at radius 2 is 2.04 bits per heavy atom. The second-order valence-electron chi connectivity index (χ2n) is 8.57. The van der Waals surface area contributed by atoms with Crippen LogP contribution in [-0.4, -0.2) is 22.3 Å². The molecule has 0 aliphatic heterocycles. The Kier molecular flexibility index (Phi) is 5.30. The first-order valence-electron chi connectivity index (χ1n) is 9.26. The van der Waals surface area contributed by atoms with Gasteiger partial charge < -0.3 is 10.2 Å². The first-order valence-corrected chi connectivity index (χ1v) is 9.26. The van der Waals surface area contributed by atoms with Crippen molar-refractivity contribution in [2.45, 2.75) is 78.7 Å². The van der Waals surface area contributed by atoms with Crippen LogP contribution in [0.15, 0.2) is 12.2 Å². The summed E-state index contributed by atoms with van der Waals surface area (Å²) in [7, 11) is 0. The maximum absolute atomic E-state index is 12.0. The highest BCUT2D eigenvalue weighted by atomic mass is 16.4. The van der Waals surface area contributed by atoms with Crippen LogP contribution in [0.2, 0.25) is 0 Å². The van der Waals surface area contributed by atoms with E-state index in [-0.39, 0.29) is 29.3 Å². The fraction of sp³-hybridized carbons (Fsp3) is 0.850. The third kappa shape index (κ3) is 3.09. The molecule has 3 nitrogen and oxygen atoms in total.